The summed E-state index contributed by atoms with van der Waals surface area (Å²) < 4.78 is 19.7. The Kier molecular flexibility index (Phi) is 36.2. The average molecular weight is 1220 g/mol. The molecule has 0 spiro atoms. The maximum Gasteiger partial charge on any atom is 0.247 e. The van der Waals surface area contributed by atoms with E-state index in [1.807, 2.05) is 22.9 Å². The summed E-state index contributed by atoms with van der Waals surface area (Å²) in [5.41, 5.74) is 7.30. The molecule has 5 rings (SSSR count). The number of aliphatic hydroxyl groups is 1. The summed E-state index contributed by atoms with van der Waals surface area (Å²) in [6.45, 7) is 11.0. The molecule has 0 aromatic carbocycles. The van der Waals surface area contributed by atoms with E-state index >= 15 is 0 Å². The summed E-state index contributed by atoms with van der Waals surface area (Å²) >= 11 is 1.78. The van der Waals surface area contributed by atoms with Gasteiger partial charge in [0.2, 0.25) is 41.5 Å². The van der Waals surface area contributed by atoms with E-state index in [2.05, 4.69) is 58.6 Å². The van der Waals surface area contributed by atoms with Crippen LogP contribution >= 0.6 is 11.8 Å². The Bertz CT molecular complexity index is 2380. The number of carbonyl (C=O) groups is 4. The number of hydrogen-bond donors (Lipinski definition) is 5. The van der Waals surface area contributed by atoms with Crippen LogP contribution in [0.3, 0.4) is 0 Å². The smallest absolute Gasteiger partial charge is 0.247 e. The molecule has 25 nitrogen and oxygen atoms in total. The number of carbonyl (C=O) groups excluding carboxylic acids is 4. The van der Waals surface area contributed by atoms with Gasteiger partial charge in [-0.15, -0.1) is 16.6 Å². The number of piperazine rings is 2. The first-order valence-corrected chi connectivity index (χ1v) is 33.4. The van der Waals surface area contributed by atoms with E-state index in [-0.39, 0.29) is 42.9 Å². The standard InChI is InChI=1S/C60H103N17O8S/c1-4-40-83-42-44-85-45-43-84-41-31-64-58-65-59(74-36-32-72(33-37-74)54(79)26-17-13-9-5-7-11-15-21-29-62-56(81)52(25-19-20-28-61)76-47-50(2)68-70-76)67-60(66-58)75-38-34-73(35-39-75)55(80)27-18-14-10-6-8-12-16-22-30-63-57(82)53(49-78)77-48-51(69-71-77)24-23-46-86-3/h1,47-48,52-53,78H,5-46,49,61H2,2-3H3,(H,62,81)(H,63,82)(H,64,65,66,67)/t52-,53+/m1/s1. The first-order chi connectivity index (χ1) is 42.1. The third kappa shape index (κ3) is 28.0. The van der Waals surface area contributed by atoms with Gasteiger partial charge in [0.15, 0.2) is 6.04 Å². The maximum atomic E-state index is 13.3. The van der Waals surface area contributed by atoms with Gasteiger partial charge in [0.05, 0.1) is 51.0 Å². The fraction of sp³-hybridized carbons (Fsp3) is 0.783. The molecular weight excluding hydrogens is 1120 g/mol. The molecule has 4 amide bonds. The second-order valence-electron chi connectivity index (χ2n) is 22.3. The topological polar surface area (TPSA) is 291 Å². The summed E-state index contributed by atoms with van der Waals surface area (Å²) in [6, 6.07) is -1.14. The van der Waals surface area contributed by atoms with Crippen molar-refractivity contribution < 1.29 is 38.5 Å². The molecule has 3 aromatic heterocycles. The number of thioether (sulfide) groups is 1. The van der Waals surface area contributed by atoms with E-state index < -0.39 is 6.04 Å². The molecule has 0 saturated carbocycles. The summed E-state index contributed by atoms with van der Waals surface area (Å²) in [4.78, 5) is 75.2. The number of nitrogens with one attached hydrogen (secondary N) is 3. The number of unbranched alkanes of at least 4 members (excludes halogenated alkanes) is 15. The Labute approximate surface area is 515 Å². The minimum Gasteiger partial charge on any atom is -0.394 e. The molecule has 2 aliphatic heterocycles. The largest absolute Gasteiger partial charge is 0.394 e. The van der Waals surface area contributed by atoms with Crippen molar-refractivity contribution >= 4 is 53.2 Å². The molecule has 5 heterocycles. The highest BCUT2D eigenvalue weighted by Gasteiger charge is 2.28. The number of anilines is 3. The molecule has 3 aromatic rings. The van der Waals surface area contributed by atoms with Gasteiger partial charge in [0, 0.05) is 97.2 Å². The number of ether oxygens (including phenoxy) is 3. The third-order valence-electron chi connectivity index (χ3n) is 15.4. The van der Waals surface area contributed by atoms with Gasteiger partial charge >= 0.3 is 0 Å². The zero-order valence-electron chi connectivity index (χ0n) is 51.9. The second-order valence-corrected chi connectivity index (χ2v) is 23.3. The monoisotopic (exact) mass is 1220 g/mol. The SMILES string of the molecule is C#CCOCCOCCOCCNc1nc(N2CCN(C(=O)CCCCCCCCCCNC(=O)[C@@H](CCCCN)n3cc(C)nn3)CC2)nc(N2CCN(C(=O)CCCCCCCCCCNC(=O)[C@H](CO)n3cc(CCCSC)nn3)CC2)n1. The number of hydrogen-bond acceptors (Lipinski definition) is 20. The van der Waals surface area contributed by atoms with Gasteiger partial charge in [-0.2, -0.15) is 26.7 Å². The van der Waals surface area contributed by atoms with Gasteiger partial charge in [-0.25, -0.2) is 9.36 Å². The highest BCUT2D eigenvalue weighted by Crippen LogP contribution is 2.22. The third-order valence-corrected chi connectivity index (χ3v) is 16.1. The van der Waals surface area contributed by atoms with Crippen LogP contribution in [0.4, 0.5) is 17.8 Å². The van der Waals surface area contributed by atoms with Crippen molar-refractivity contribution in [3.8, 4) is 12.3 Å². The summed E-state index contributed by atoms with van der Waals surface area (Å²) in [5.74, 6) is 5.15. The zero-order chi connectivity index (χ0) is 61.2. The molecule has 2 fully saturated rings. The number of rotatable bonds is 48. The van der Waals surface area contributed by atoms with Crippen molar-refractivity contribution in [1.29, 1.82) is 0 Å². The molecule has 86 heavy (non-hydrogen) atoms. The predicted molar refractivity (Wildman–Crippen MR) is 336 cm³/mol. The number of terminal acetylenes is 1. The molecule has 0 unspecified atom stereocenters. The molecule has 0 aliphatic carbocycles. The van der Waals surface area contributed by atoms with E-state index in [1.165, 1.54) is 4.68 Å². The van der Waals surface area contributed by atoms with Crippen LogP contribution in [-0.2, 0) is 39.8 Å². The Balaban J connectivity index is 0.950. The van der Waals surface area contributed by atoms with Crippen LogP contribution in [0.2, 0.25) is 0 Å². The fourth-order valence-corrected chi connectivity index (χ4v) is 10.8. The number of aromatic nitrogens is 9. The molecule has 26 heteroatoms. The van der Waals surface area contributed by atoms with Gasteiger partial charge in [0.1, 0.15) is 12.6 Å². The summed E-state index contributed by atoms with van der Waals surface area (Å²) in [5, 5.41) is 35.7. The lowest BCUT2D eigenvalue weighted by atomic mass is 10.1. The number of amides is 4. The Morgan fingerprint density at radius 2 is 1.12 bits per heavy atom. The lowest BCUT2D eigenvalue weighted by Crippen LogP contribution is -2.50. The Morgan fingerprint density at radius 1 is 0.616 bits per heavy atom. The predicted octanol–water partition coefficient (Wildman–Crippen LogP) is 4.91. The van der Waals surface area contributed by atoms with Gasteiger partial charge in [-0.3, -0.25) is 19.2 Å². The van der Waals surface area contributed by atoms with Crippen molar-refractivity contribution in [3.63, 3.8) is 0 Å². The van der Waals surface area contributed by atoms with Gasteiger partial charge < -0.3 is 60.6 Å². The van der Waals surface area contributed by atoms with E-state index in [1.54, 1.807) is 22.6 Å². The normalized spacial score (nSPS) is 14.3. The van der Waals surface area contributed by atoms with Crippen LogP contribution in [0.25, 0.3) is 0 Å². The molecule has 2 saturated heterocycles. The average Bonchev–Trinajstić information content (AvgIpc) is 3.00. The molecule has 2 aliphatic rings. The Morgan fingerprint density at radius 3 is 1.63 bits per heavy atom. The quantitative estimate of drug-likeness (QED) is 0.0371. The molecule has 482 valence electrons. The van der Waals surface area contributed by atoms with E-state index in [0.29, 0.717) is 149 Å². The maximum absolute atomic E-state index is 13.3. The van der Waals surface area contributed by atoms with E-state index in [9.17, 15) is 24.3 Å². The van der Waals surface area contributed by atoms with Crippen LogP contribution < -0.4 is 31.5 Å². The van der Waals surface area contributed by atoms with Crippen molar-refractivity contribution in [3.05, 3.63) is 23.8 Å². The van der Waals surface area contributed by atoms with Gasteiger partial charge in [-0.05, 0) is 83.3 Å². The minimum atomic E-state index is -0.774. The van der Waals surface area contributed by atoms with Gasteiger partial charge in [0.25, 0.3) is 0 Å². The Hall–Kier alpha value is -5.72. The molecule has 2 atom stereocenters. The van der Waals surface area contributed by atoms with Crippen molar-refractivity contribution in [2.75, 3.05) is 152 Å². The summed E-state index contributed by atoms with van der Waals surface area (Å²) in [7, 11) is 0. The number of aliphatic hydroxyl groups excluding tert-OH is 1. The molecule has 0 bridgehead atoms. The van der Waals surface area contributed by atoms with E-state index in [0.717, 1.165) is 146 Å². The highest BCUT2D eigenvalue weighted by atomic mass is 32.2. The molecular formula is C60H103N17O8S. The van der Waals surface area contributed by atoms with Crippen molar-refractivity contribution in [1.82, 2.24) is 65.4 Å². The summed E-state index contributed by atoms with van der Waals surface area (Å²) in [6.07, 6.45) is 32.7. The first-order valence-electron chi connectivity index (χ1n) is 32.0. The van der Waals surface area contributed by atoms with Gasteiger partial charge in [-0.1, -0.05) is 93.4 Å². The van der Waals surface area contributed by atoms with E-state index in [4.69, 9.17) is 41.3 Å². The lowest BCUT2D eigenvalue weighted by molar-refractivity contribution is -0.132. The second kappa shape index (κ2) is 43.8. The minimum absolute atomic E-state index is 0.0137. The fourth-order valence-electron chi connectivity index (χ4n) is 10.4. The van der Waals surface area contributed by atoms with Crippen LogP contribution in [0.5, 0.6) is 0 Å². The first kappa shape index (κ1) is 71.0. The van der Waals surface area contributed by atoms with Crippen molar-refractivity contribution in [2.45, 2.75) is 167 Å². The van der Waals surface area contributed by atoms with Crippen LogP contribution in [0.1, 0.15) is 165 Å². The van der Waals surface area contributed by atoms with Crippen LogP contribution in [0, 0.1) is 19.3 Å². The molecule has 0 radical (unpaired) electrons. The highest BCUT2D eigenvalue weighted by molar-refractivity contribution is 7.98. The number of nitrogens with zero attached hydrogens (tertiary/aromatic N) is 13. The lowest BCUT2D eigenvalue weighted by Gasteiger charge is -2.36. The van der Waals surface area contributed by atoms with Crippen molar-refractivity contribution in [2.24, 2.45) is 5.73 Å². The van der Waals surface area contributed by atoms with Crippen LogP contribution in [-0.4, -0.2) is 220 Å². The zero-order valence-corrected chi connectivity index (χ0v) is 52.7. The van der Waals surface area contributed by atoms with Crippen LogP contribution in [0.15, 0.2) is 12.4 Å². The number of aryl methyl sites for hydroxylation is 2. The number of nitrogens with two attached hydrogens (primary N) is 1. The molecule has 6 N–H and O–H groups in total.